The summed E-state index contributed by atoms with van der Waals surface area (Å²) < 4.78 is 42.9. The fourth-order valence-corrected chi connectivity index (χ4v) is 8.30. The molecule has 0 saturated carbocycles. The fraction of sp³-hybridized carbons (Fsp3) is 0.132. The van der Waals surface area contributed by atoms with Crippen molar-refractivity contribution in [3.63, 3.8) is 0 Å². The van der Waals surface area contributed by atoms with Gasteiger partial charge in [0.25, 0.3) is 0 Å². The molecule has 0 saturated heterocycles. The molecule has 0 amide bonds. The third-order valence-electron chi connectivity index (χ3n) is 8.58. The average Bonchev–Trinajstić information content (AvgIpc) is 3.43. The maximum atomic E-state index is 11.7. The van der Waals surface area contributed by atoms with Crippen LogP contribution in [0.4, 0.5) is 11.4 Å². The van der Waals surface area contributed by atoms with Gasteiger partial charge in [0.15, 0.2) is 12.7 Å². The molecule has 0 aliphatic carbocycles. The maximum Gasteiger partial charge on any atom is 0.213 e. The Morgan fingerprint density at radius 2 is 1.68 bits per heavy atom. The third-order valence-corrected chi connectivity index (χ3v) is 11.2. The highest BCUT2D eigenvalue weighted by atomic mass is 32.2. The van der Waals surface area contributed by atoms with Crippen molar-refractivity contribution in [2.24, 2.45) is 0 Å². The van der Waals surface area contributed by atoms with Crippen molar-refractivity contribution in [1.29, 1.82) is 0 Å². The highest BCUT2D eigenvalue weighted by molar-refractivity contribution is 8.04. The average molecular weight is 723 g/mol. The highest BCUT2D eigenvalue weighted by Gasteiger charge is 2.24. The number of rotatable bonds is 12. The maximum absolute atomic E-state index is 11.7. The van der Waals surface area contributed by atoms with E-state index >= 15 is 0 Å². The summed E-state index contributed by atoms with van der Waals surface area (Å²) in [7, 11) is -0.630. The standard InChI is InChI=1S/C38H34N4O5S3/c1-40(33-16-8-14-32-31(33)13-9-17-37(32)50(43,44)45)23-21-39-46-47-49-29-18-19-36-35(25-29)41(2)38(48-36)24-28-20-22-42(26-27-10-4-3-5-11-27)34-15-7-6-12-30(28)34/h3-20,22,24-25,39H,21,23,26H2,1-2H3. The summed E-state index contributed by atoms with van der Waals surface area (Å²) in [6.07, 6.45) is 4.41. The lowest BCUT2D eigenvalue weighted by Gasteiger charge is -2.22. The van der Waals surface area contributed by atoms with Gasteiger partial charge in [0.1, 0.15) is 10.1 Å². The smallest absolute Gasteiger partial charge is 0.213 e. The van der Waals surface area contributed by atoms with Crippen LogP contribution >= 0.6 is 23.8 Å². The molecule has 7 rings (SSSR count). The quantitative estimate of drug-likeness (QED) is 0.0345. The number of hydrogen-bond acceptors (Lipinski definition) is 10. The van der Waals surface area contributed by atoms with Gasteiger partial charge < -0.3 is 14.4 Å². The molecule has 0 atom stereocenters. The van der Waals surface area contributed by atoms with Crippen LogP contribution in [0.2, 0.25) is 0 Å². The molecule has 0 radical (unpaired) electrons. The van der Waals surface area contributed by atoms with Crippen LogP contribution in [0.15, 0.2) is 141 Å². The number of nitrogens with one attached hydrogen (secondary N) is 1. The summed E-state index contributed by atoms with van der Waals surface area (Å²) in [6, 6.07) is 37.4. The molecule has 9 nitrogen and oxygen atoms in total. The summed E-state index contributed by atoms with van der Waals surface area (Å²) in [6.45, 7) is 1.76. The van der Waals surface area contributed by atoms with Crippen molar-refractivity contribution in [1.82, 2.24) is 5.48 Å². The van der Waals surface area contributed by atoms with Gasteiger partial charge in [-0.3, -0.25) is 0 Å². The fourth-order valence-electron chi connectivity index (χ4n) is 6.08. The number of thioether (sulfide) groups is 1. The lowest BCUT2D eigenvalue weighted by molar-refractivity contribution is -0.662. The summed E-state index contributed by atoms with van der Waals surface area (Å²) in [4.78, 5) is 11.2. The van der Waals surface area contributed by atoms with Crippen molar-refractivity contribution >= 4 is 73.0 Å². The number of hydrogen-bond donors (Lipinski definition) is 1. The first-order valence-corrected chi connectivity index (χ1v) is 18.9. The monoisotopic (exact) mass is 722 g/mol. The zero-order chi connectivity index (χ0) is 34.7. The topological polar surface area (TPSA) is 98.1 Å². The van der Waals surface area contributed by atoms with Gasteiger partial charge in [-0.15, -0.1) is 9.32 Å². The molecule has 0 unspecified atom stereocenters. The van der Waals surface area contributed by atoms with Gasteiger partial charge in [-0.25, -0.2) is 8.42 Å². The van der Waals surface area contributed by atoms with Crippen LogP contribution in [0.1, 0.15) is 11.1 Å². The third kappa shape index (κ3) is 7.37. The van der Waals surface area contributed by atoms with E-state index in [0.29, 0.717) is 23.9 Å². The lowest BCUT2D eigenvalue weighted by atomic mass is 10.1. The van der Waals surface area contributed by atoms with E-state index in [9.17, 15) is 13.0 Å². The molecule has 50 heavy (non-hydrogen) atoms. The summed E-state index contributed by atoms with van der Waals surface area (Å²) in [5.74, 6) is 0. The number of benzene rings is 5. The van der Waals surface area contributed by atoms with Gasteiger partial charge >= 0.3 is 0 Å². The SMILES string of the molecule is CN(CCNOOSc1ccc2c(c1)N(C)C(=Cc1cc[n+](Cc3ccccc3)c3ccccc13)S2)c1cccc2c(S(=O)(=O)[O-])cccc12. The minimum atomic E-state index is -4.59. The van der Waals surface area contributed by atoms with E-state index in [1.54, 1.807) is 36.0 Å². The number of hydroxylamine groups is 1. The van der Waals surface area contributed by atoms with Gasteiger partial charge in [0, 0.05) is 71.1 Å². The molecule has 0 spiro atoms. The predicted octanol–water partition coefficient (Wildman–Crippen LogP) is 7.37. The van der Waals surface area contributed by atoms with Gasteiger partial charge in [0.05, 0.1) is 33.0 Å². The molecule has 12 heteroatoms. The minimum absolute atomic E-state index is 0.224. The Hall–Kier alpha value is -4.40. The summed E-state index contributed by atoms with van der Waals surface area (Å²) in [5.41, 5.74) is 8.31. The Morgan fingerprint density at radius 1 is 0.920 bits per heavy atom. The molecule has 0 bridgehead atoms. The van der Waals surface area contributed by atoms with Crippen molar-refractivity contribution < 1.29 is 26.9 Å². The second-order valence-electron chi connectivity index (χ2n) is 11.8. The Bertz CT molecular complexity index is 2320. The second kappa shape index (κ2) is 14.8. The predicted molar refractivity (Wildman–Crippen MR) is 200 cm³/mol. The molecule has 1 aromatic heterocycles. The van der Waals surface area contributed by atoms with Crippen LogP contribution < -0.4 is 19.8 Å². The van der Waals surface area contributed by atoms with Crippen LogP contribution in [0, 0.1) is 0 Å². The second-order valence-corrected chi connectivity index (χ2v) is 15.0. The number of anilines is 2. The van der Waals surface area contributed by atoms with Crippen molar-refractivity contribution in [2.45, 2.75) is 21.2 Å². The number of aromatic nitrogens is 1. The van der Waals surface area contributed by atoms with Gasteiger partial charge in [-0.2, -0.15) is 10.0 Å². The Morgan fingerprint density at radius 3 is 2.52 bits per heavy atom. The molecule has 5 aromatic carbocycles. The van der Waals surface area contributed by atoms with Gasteiger partial charge in [-0.1, -0.05) is 78.5 Å². The van der Waals surface area contributed by atoms with Crippen molar-refractivity contribution in [2.75, 3.05) is 37.0 Å². The van der Waals surface area contributed by atoms with Gasteiger partial charge in [-0.05, 0) is 48.0 Å². The molecule has 254 valence electrons. The Labute approximate surface area is 300 Å². The number of pyridine rings is 1. The lowest BCUT2D eigenvalue weighted by Crippen LogP contribution is -2.34. The normalized spacial score (nSPS) is 13.7. The summed E-state index contributed by atoms with van der Waals surface area (Å²) >= 11 is 2.85. The van der Waals surface area contributed by atoms with E-state index in [1.807, 2.05) is 30.1 Å². The minimum Gasteiger partial charge on any atom is -0.744 e. The van der Waals surface area contributed by atoms with E-state index in [2.05, 4.69) is 101 Å². The van der Waals surface area contributed by atoms with Crippen LogP contribution in [0.5, 0.6) is 0 Å². The molecule has 1 aliphatic rings. The Kier molecular flexibility index (Phi) is 10.1. The first-order chi connectivity index (χ1) is 24.3. The molecule has 2 heterocycles. The first kappa shape index (κ1) is 34.1. The molecule has 1 N–H and O–H groups in total. The van der Waals surface area contributed by atoms with E-state index in [4.69, 9.17) is 9.32 Å². The zero-order valence-corrected chi connectivity index (χ0v) is 29.8. The highest BCUT2D eigenvalue weighted by Crippen LogP contribution is 2.47. The van der Waals surface area contributed by atoms with Gasteiger partial charge in [0.2, 0.25) is 5.52 Å². The zero-order valence-electron chi connectivity index (χ0n) is 27.4. The first-order valence-electron chi connectivity index (χ1n) is 15.9. The van der Waals surface area contributed by atoms with E-state index < -0.39 is 10.1 Å². The number of nitrogens with zero attached hydrogens (tertiary/aromatic N) is 3. The molecular weight excluding hydrogens is 689 g/mol. The number of likely N-dealkylation sites (N-methyl/N-ethyl adjacent to an activating group) is 1. The van der Waals surface area contributed by atoms with E-state index in [-0.39, 0.29) is 4.90 Å². The largest absolute Gasteiger partial charge is 0.744 e. The molecule has 1 aliphatic heterocycles. The van der Waals surface area contributed by atoms with E-state index in [0.717, 1.165) is 50.3 Å². The van der Waals surface area contributed by atoms with Crippen LogP contribution in [-0.2, 0) is 26.0 Å². The van der Waals surface area contributed by atoms with Crippen LogP contribution in [-0.4, -0.2) is 40.2 Å². The summed E-state index contributed by atoms with van der Waals surface area (Å²) in [5, 5.41) is 3.41. The number of fused-ring (bicyclic) bond motifs is 3. The van der Waals surface area contributed by atoms with Crippen LogP contribution in [0.3, 0.4) is 0 Å². The molecule has 0 fully saturated rings. The van der Waals surface area contributed by atoms with E-state index in [1.165, 1.54) is 22.5 Å². The molecular formula is C38H34N4O5S3. The molecule has 6 aromatic rings. The van der Waals surface area contributed by atoms with Crippen LogP contribution in [0.25, 0.3) is 27.8 Å². The number of para-hydroxylation sites is 1. The Balaban J connectivity index is 0.948. The van der Waals surface area contributed by atoms with Crippen molar-refractivity contribution in [3.8, 4) is 0 Å². The van der Waals surface area contributed by atoms with Crippen molar-refractivity contribution in [3.05, 3.63) is 138 Å².